The van der Waals surface area contributed by atoms with E-state index in [0.717, 1.165) is 38.8 Å². The second-order valence-corrected chi connectivity index (χ2v) is 7.12. The highest BCUT2D eigenvalue weighted by molar-refractivity contribution is 5.82. The molecule has 0 radical (unpaired) electrons. The summed E-state index contributed by atoms with van der Waals surface area (Å²) in [5, 5.41) is 9.06. The predicted octanol–water partition coefficient (Wildman–Crippen LogP) is 0.616. The van der Waals surface area contributed by atoms with Crippen molar-refractivity contribution in [1.29, 1.82) is 0 Å². The van der Waals surface area contributed by atoms with Crippen LogP contribution in [-0.2, 0) is 14.3 Å². The summed E-state index contributed by atoms with van der Waals surface area (Å²) in [5.41, 5.74) is 0. The van der Waals surface area contributed by atoms with Crippen molar-refractivity contribution in [3.8, 4) is 0 Å². The van der Waals surface area contributed by atoms with Gasteiger partial charge in [0.25, 0.3) is 0 Å². The summed E-state index contributed by atoms with van der Waals surface area (Å²) < 4.78 is 5.35. The molecular formula is C17H27N3O5. The smallest absolute Gasteiger partial charge is 0.320 e. The van der Waals surface area contributed by atoms with Gasteiger partial charge in [0.1, 0.15) is 0 Å². The second kappa shape index (κ2) is 8.03. The van der Waals surface area contributed by atoms with E-state index in [4.69, 9.17) is 9.84 Å². The minimum atomic E-state index is -0.928. The number of amides is 3. The Hall–Kier alpha value is -1.83. The van der Waals surface area contributed by atoms with Gasteiger partial charge in [0, 0.05) is 32.7 Å². The lowest BCUT2D eigenvalue weighted by Gasteiger charge is -2.40. The maximum absolute atomic E-state index is 13.0. The number of ether oxygens (including phenoxy) is 1. The normalized spacial score (nSPS) is 27.4. The number of carbonyl (C=O) groups is 3. The number of aliphatic carboxylic acids is 1. The lowest BCUT2D eigenvalue weighted by atomic mass is 9.95. The Morgan fingerprint density at radius 3 is 2.44 bits per heavy atom. The van der Waals surface area contributed by atoms with Crippen LogP contribution < -0.4 is 0 Å². The van der Waals surface area contributed by atoms with Gasteiger partial charge in [-0.05, 0) is 25.7 Å². The molecule has 3 amide bonds. The van der Waals surface area contributed by atoms with Crippen molar-refractivity contribution in [2.45, 2.75) is 38.1 Å². The number of carbonyl (C=O) groups excluding carboxylic acids is 2. The van der Waals surface area contributed by atoms with Gasteiger partial charge in [-0.1, -0.05) is 0 Å². The molecule has 3 aliphatic rings. The van der Waals surface area contributed by atoms with Gasteiger partial charge < -0.3 is 24.5 Å². The van der Waals surface area contributed by atoms with E-state index < -0.39 is 12.0 Å². The van der Waals surface area contributed by atoms with Crippen LogP contribution in [0.3, 0.4) is 0 Å². The van der Waals surface area contributed by atoms with E-state index in [9.17, 15) is 14.4 Å². The quantitative estimate of drug-likeness (QED) is 0.803. The average Bonchev–Trinajstić information content (AvgIpc) is 3.15. The Morgan fingerprint density at radius 2 is 1.72 bits per heavy atom. The maximum Gasteiger partial charge on any atom is 0.320 e. The molecule has 0 aliphatic carbocycles. The molecule has 0 aromatic rings. The standard InChI is InChI=1S/C17H27N3O5/c21-15(22)10-14-12-25-9-8-20(14)16(23)13-4-3-7-19(11-13)17(24)18-5-1-2-6-18/h13-14H,1-12H2,(H,21,22). The lowest BCUT2D eigenvalue weighted by molar-refractivity contribution is -0.150. The maximum atomic E-state index is 13.0. The summed E-state index contributed by atoms with van der Waals surface area (Å²) in [6, 6.07) is -0.373. The lowest BCUT2D eigenvalue weighted by Crippen LogP contribution is -2.55. The van der Waals surface area contributed by atoms with E-state index in [1.54, 1.807) is 9.80 Å². The van der Waals surface area contributed by atoms with Crippen LogP contribution in [0.4, 0.5) is 4.79 Å². The molecule has 0 aromatic heterocycles. The van der Waals surface area contributed by atoms with Gasteiger partial charge in [0.15, 0.2) is 0 Å². The van der Waals surface area contributed by atoms with Gasteiger partial charge >= 0.3 is 12.0 Å². The van der Waals surface area contributed by atoms with Crippen LogP contribution in [0.5, 0.6) is 0 Å². The summed E-state index contributed by atoms with van der Waals surface area (Å²) >= 11 is 0. The zero-order valence-electron chi connectivity index (χ0n) is 14.6. The van der Waals surface area contributed by atoms with Gasteiger partial charge in [-0.25, -0.2) is 4.79 Å². The van der Waals surface area contributed by atoms with Crippen molar-refractivity contribution in [1.82, 2.24) is 14.7 Å². The van der Waals surface area contributed by atoms with Crippen LogP contribution in [0, 0.1) is 5.92 Å². The molecule has 3 heterocycles. The molecule has 2 unspecified atom stereocenters. The zero-order chi connectivity index (χ0) is 17.8. The van der Waals surface area contributed by atoms with Gasteiger partial charge in [-0.2, -0.15) is 0 Å². The highest BCUT2D eigenvalue weighted by Crippen LogP contribution is 2.24. The molecule has 3 aliphatic heterocycles. The molecule has 0 saturated carbocycles. The molecule has 25 heavy (non-hydrogen) atoms. The van der Waals surface area contributed by atoms with Crippen LogP contribution >= 0.6 is 0 Å². The van der Waals surface area contributed by atoms with Crippen LogP contribution in [-0.4, -0.2) is 89.7 Å². The van der Waals surface area contributed by atoms with Gasteiger partial charge in [-0.3, -0.25) is 9.59 Å². The molecular weight excluding hydrogens is 326 g/mol. The number of likely N-dealkylation sites (tertiary alicyclic amines) is 2. The van der Waals surface area contributed by atoms with Gasteiger partial charge in [0.2, 0.25) is 5.91 Å². The predicted molar refractivity (Wildman–Crippen MR) is 89.1 cm³/mol. The first-order valence-electron chi connectivity index (χ1n) is 9.20. The molecule has 2 atom stereocenters. The fraction of sp³-hybridized carbons (Fsp3) is 0.824. The Bertz CT molecular complexity index is 520. The van der Waals surface area contributed by atoms with Crippen molar-refractivity contribution in [3.05, 3.63) is 0 Å². The summed E-state index contributed by atoms with van der Waals surface area (Å²) in [6.07, 6.45) is 3.55. The zero-order valence-corrected chi connectivity index (χ0v) is 14.6. The SMILES string of the molecule is O=C(O)CC1COCCN1C(=O)C1CCCN(C(=O)N2CCCC2)C1. The highest BCUT2D eigenvalue weighted by atomic mass is 16.5. The molecule has 0 bridgehead atoms. The first-order valence-corrected chi connectivity index (χ1v) is 9.20. The summed E-state index contributed by atoms with van der Waals surface area (Å²) in [7, 11) is 0. The second-order valence-electron chi connectivity index (χ2n) is 7.12. The molecule has 3 saturated heterocycles. The fourth-order valence-electron chi connectivity index (χ4n) is 4.01. The number of nitrogens with zero attached hydrogens (tertiary/aromatic N) is 3. The number of carboxylic acid groups (broad SMARTS) is 1. The molecule has 1 N–H and O–H groups in total. The number of hydrogen-bond donors (Lipinski definition) is 1. The van der Waals surface area contributed by atoms with Crippen LogP contribution in [0.1, 0.15) is 32.1 Å². The molecule has 140 valence electrons. The van der Waals surface area contributed by atoms with Crippen LogP contribution in [0.15, 0.2) is 0 Å². The Balaban J connectivity index is 1.62. The largest absolute Gasteiger partial charge is 0.481 e. The average molecular weight is 353 g/mol. The molecule has 8 nitrogen and oxygen atoms in total. The van der Waals surface area contributed by atoms with Crippen LogP contribution in [0.25, 0.3) is 0 Å². The third kappa shape index (κ3) is 4.23. The van der Waals surface area contributed by atoms with Gasteiger partial charge in [-0.15, -0.1) is 0 Å². The summed E-state index contributed by atoms with van der Waals surface area (Å²) in [5.74, 6) is -1.20. The van der Waals surface area contributed by atoms with E-state index in [1.165, 1.54) is 0 Å². The molecule has 3 rings (SSSR count). The van der Waals surface area contributed by atoms with E-state index in [2.05, 4.69) is 0 Å². The van der Waals surface area contributed by atoms with Crippen molar-refractivity contribution in [2.24, 2.45) is 5.92 Å². The third-order valence-electron chi connectivity index (χ3n) is 5.34. The number of morpholine rings is 1. The van der Waals surface area contributed by atoms with Crippen molar-refractivity contribution in [3.63, 3.8) is 0 Å². The minimum absolute atomic E-state index is 0.0338. The van der Waals surface area contributed by atoms with Crippen molar-refractivity contribution in [2.75, 3.05) is 45.9 Å². The Labute approximate surface area is 147 Å². The van der Waals surface area contributed by atoms with E-state index in [0.29, 0.717) is 26.2 Å². The fourth-order valence-corrected chi connectivity index (χ4v) is 4.01. The number of hydrogen-bond acceptors (Lipinski definition) is 4. The monoisotopic (exact) mass is 353 g/mol. The van der Waals surface area contributed by atoms with Crippen molar-refractivity contribution < 1.29 is 24.2 Å². The van der Waals surface area contributed by atoms with E-state index >= 15 is 0 Å². The number of piperidine rings is 1. The van der Waals surface area contributed by atoms with Gasteiger partial charge in [0.05, 0.1) is 31.6 Å². The Morgan fingerprint density at radius 1 is 1.00 bits per heavy atom. The molecule has 0 spiro atoms. The first-order chi connectivity index (χ1) is 12.1. The molecule has 0 aromatic carbocycles. The third-order valence-corrected chi connectivity index (χ3v) is 5.34. The minimum Gasteiger partial charge on any atom is -0.481 e. The topological polar surface area (TPSA) is 90.4 Å². The van der Waals surface area contributed by atoms with E-state index in [-0.39, 0.29) is 30.9 Å². The number of urea groups is 1. The molecule has 8 heteroatoms. The van der Waals surface area contributed by atoms with E-state index in [1.807, 2.05) is 4.90 Å². The summed E-state index contributed by atoms with van der Waals surface area (Å²) in [4.78, 5) is 41.9. The van der Waals surface area contributed by atoms with Crippen LogP contribution in [0.2, 0.25) is 0 Å². The molecule has 3 fully saturated rings. The Kier molecular flexibility index (Phi) is 5.78. The highest BCUT2D eigenvalue weighted by Gasteiger charge is 2.37. The number of rotatable bonds is 3. The number of carboxylic acids is 1. The summed E-state index contributed by atoms with van der Waals surface area (Å²) in [6.45, 7) is 3.86. The van der Waals surface area contributed by atoms with Crippen molar-refractivity contribution >= 4 is 17.9 Å². The first kappa shape index (κ1) is 18.0.